The molecule has 0 radical (unpaired) electrons. The summed E-state index contributed by atoms with van der Waals surface area (Å²) in [4.78, 5) is 4.03. The highest BCUT2D eigenvalue weighted by atomic mass is 16.3. The van der Waals surface area contributed by atoms with Gasteiger partial charge in [0.25, 0.3) is 0 Å². The second-order valence-corrected chi connectivity index (χ2v) is 3.76. The molecule has 1 aromatic heterocycles. The van der Waals surface area contributed by atoms with Crippen molar-refractivity contribution in [2.24, 2.45) is 5.73 Å². The van der Waals surface area contributed by atoms with Crippen LogP contribution in [0.3, 0.4) is 0 Å². The zero-order chi connectivity index (χ0) is 9.42. The molecule has 1 fully saturated rings. The van der Waals surface area contributed by atoms with Crippen molar-refractivity contribution in [2.45, 2.75) is 38.0 Å². The molecule has 0 aliphatic heterocycles. The zero-order valence-corrected chi connectivity index (χ0v) is 7.72. The Morgan fingerprint density at radius 3 is 2.92 bits per heavy atom. The van der Waals surface area contributed by atoms with Gasteiger partial charge >= 0.3 is 0 Å². The summed E-state index contributed by atoms with van der Waals surface area (Å²) in [5.41, 5.74) is 6.47. The monoisotopic (exact) mass is 181 g/mol. The number of aliphatic hydroxyl groups is 1. The molecule has 0 aromatic carbocycles. The fraction of sp³-hybridized carbons (Fsp3) is 0.667. The summed E-state index contributed by atoms with van der Waals surface area (Å²) in [6, 6.07) is 0.306. The Labute approximate surface area is 77.4 Å². The highest BCUT2D eigenvalue weighted by Crippen LogP contribution is 2.37. The molecule has 4 heteroatoms. The number of rotatable bonds is 3. The Morgan fingerprint density at radius 2 is 2.38 bits per heavy atom. The summed E-state index contributed by atoms with van der Waals surface area (Å²) in [5, 5.41) is 9.76. The molecular weight excluding hydrogens is 166 g/mol. The number of nitrogens with two attached hydrogens (primary N) is 1. The van der Waals surface area contributed by atoms with Crippen molar-refractivity contribution >= 4 is 0 Å². The average molecular weight is 181 g/mol. The van der Waals surface area contributed by atoms with Crippen LogP contribution in [0.4, 0.5) is 0 Å². The van der Waals surface area contributed by atoms with Crippen molar-refractivity contribution < 1.29 is 5.11 Å². The first-order valence-corrected chi connectivity index (χ1v) is 4.65. The lowest BCUT2D eigenvalue weighted by Gasteiger charge is -2.16. The normalized spacial score (nSPS) is 21.5. The standard InChI is InChI=1S/C9H15N3O/c1-6(10)9(13)8-4-11-5-12(8)7-2-3-7/h4-7,9,13H,2-3,10H2,1H3. The Bertz CT molecular complexity index is 291. The van der Waals surface area contributed by atoms with Gasteiger partial charge in [-0.1, -0.05) is 0 Å². The van der Waals surface area contributed by atoms with Crippen LogP contribution in [-0.4, -0.2) is 20.7 Å². The van der Waals surface area contributed by atoms with Crippen LogP contribution in [0.15, 0.2) is 12.5 Å². The lowest BCUT2D eigenvalue weighted by atomic mass is 10.1. The molecule has 1 heterocycles. The maximum Gasteiger partial charge on any atom is 0.110 e. The minimum absolute atomic E-state index is 0.241. The minimum atomic E-state index is -0.594. The maximum absolute atomic E-state index is 9.76. The third-order valence-corrected chi connectivity index (χ3v) is 2.44. The fourth-order valence-corrected chi connectivity index (χ4v) is 1.47. The molecule has 0 bridgehead atoms. The summed E-state index contributed by atoms with van der Waals surface area (Å²) < 4.78 is 2.04. The highest BCUT2D eigenvalue weighted by Gasteiger charge is 2.28. The number of nitrogens with zero attached hydrogens (tertiary/aromatic N) is 2. The Morgan fingerprint density at radius 1 is 1.69 bits per heavy atom. The third-order valence-electron chi connectivity index (χ3n) is 2.44. The van der Waals surface area contributed by atoms with Gasteiger partial charge in [-0.3, -0.25) is 0 Å². The van der Waals surface area contributed by atoms with Crippen molar-refractivity contribution in [3.05, 3.63) is 18.2 Å². The van der Waals surface area contributed by atoms with Crippen LogP contribution in [-0.2, 0) is 0 Å². The predicted octanol–water partition coefficient (Wildman–Crippen LogP) is 0.599. The van der Waals surface area contributed by atoms with Crippen molar-refractivity contribution in [3.63, 3.8) is 0 Å². The van der Waals surface area contributed by atoms with Crippen LogP contribution in [0.1, 0.15) is 37.6 Å². The molecule has 2 rings (SSSR count). The fourth-order valence-electron chi connectivity index (χ4n) is 1.47. The van der Waals surface area contributed by atoms with E-state index < -0.39 is 6.10 Å². The molecule has 1 aliphatic carbocycles. The van der Waals surface area contributed by atoms with Gasteiger partial charge in [-0.2, -0.15) is 0 Å². The summed E-state index contributed by atoms with van der Waals surface area (Å²) in [6.07, 6.45) is 5.26. The van der Waals surface area contributed by atoms with Gasteiger partial charge in [-0.05, 0) is 19.8 Å². The zero-order valence-electron chi connectivity index (χ0n) is 7.72. The molecule has 72 valence electrons. The van der Waals surface area contributed by atoms with Crippen LogP contribution in [0, 0.1) is 0 Å². The van der Waals surface area contributed by atoms with Gasteiger partial charge in [-0.25, -0.2) is 4.98 Å². The van der Waals surface area contributed by atoms with E-state index in [-0.39, 0.29) is 6.04 Å². The highest BCUT2D eigenvalue weighted by molar-refractivity contribution is 5.08. The lowest BCUT2D eigenvalue weighted by Crippen LogP contribution is -2.26. The van der Waals surface area contributed by atoms with Crippen molar-refractivity contribution in [1.82, 2.24) is 9.55 Å². The molecule has 1 aromatic rings. The van der Waals surface area contributed by atoms with Crippen molar-refractivity contribution in [1.29, 1.82) is 0 Å². The summed E-state index contributed by atoms with van der Waals surface area (Å²) in [5.74, 6) is 0. The molecule has 3 N–H and O–H groups in total. The predicted molar refractivity (Wildman–Crippen MR) is 49.1 cm³/mol. The van der Waals surface area contributed by atoms with Gasteiger partial charge in [0.15, 0.2) is 0 Å². The number of imidazole rings is 1. The van der Waals surface area contributed by atoms with E-state index in [2.05, 4.69) is 4.98 Å². The first-order chi connectivity index (χ1) is 6.20. The molecule has 2 unspecified atom stereocenters. The first kappa shape index (κ1) is 8.72. The number of aliphatic hydroxyl groups excluding tert-OH is 1. The molecule has 2 atom stereocenters. The quantitative estimate of drug-likeness (QED) is 0.717. The van der Waals surface area contributed by atoms with Gasteiger partial charge in [0.1, 0.15) is 6.10 Å². The second kappa shape index (κ2) is 3.12. The summed E-state index contributed by atoms with van der Waals surface area (Å²) in [7, 11) is 0. The van der Waals surface area contributed by atoms with Crippen LogP contribution < -0.4 is 5.73 Å². The van der Waals surface area contributed by atoms with Crippen LogP contribution in [0.5, 0.6) is 0 Å². The Hall–Kier alpha value is -0.870. The van der Waals surface area contributed by atoms with E-state index in [9.17, 15) is 5.11 Å². The van der Waals surface area contributed by atoms with Crippen LogP contribution in [0.25, 0.3) is 0 Å². The second-order valence-electron chi connectivity index (χ2n) is 3.76. The van der Waals surface area contributed by atoms with Crippen LogP contribution >= 0.6 is 0 Å². The number of hydrogen-bond acceptors (Lipinski definition) is 3. The molecule has 13 heavy (non-hydrogen) atoms. The average Bonchev–Trinajstić information content (AvgIpc) is 2.83. The minimum Gasteiger partial charge on any atom is -0.385 e. The Balaban J connectivity index is 2.22. The van der Waals surface area contributed by atoms with Gasteiger partial charge in [-0.15, -0.1) is 0 Å². The van der Waals surface area contributed by atoms with E-state index in [1.165, 1.54) is 12.8 Å². The number of aromatic nitrogens is 2. The van der Waals surface area contributed by atoms with Gasteiger partial charge in [0.2, 0.25) is 0 Å². The number of hydrogen-bond donors (Lipinski definition) is 2. The lowest BCUT2D eigenvalue weighted by molar-refractivity contribution is 0.144. The van der Waals surface area contributed by atoms with E-state index in [1.807, 2.05) is 4.57 Å². The van der Waals surface area contributed by atoms with E-state index in [0.717, 1.165) is 5.69 Å². The van der Waals surface area contributed by atoms with Crippen molar-refractivity contribution in [2.75, 3.05) is 0 Å². The Kier molecular flexibility index (Phi) is 2.09. The van der Waals surface area contributed by atoms with Gasteiger partial charge in [0.05, 0.1) is 18.2 Å². The molecule has 1 saturated carbocycles. The maximum atomic E-state index is 9.76. The first-order valence-electron chi connectivity index (χ1n) is 4.65. The SMILES string of the molecule is CC(N)C(O)c1cncn1C1CC1. The van der Waals surface area contributed by atoms with E-state index in [4.69, 9.17) is 5.73 Å². The smallest absolute Gasteiger partial charge is 0.110 e. The largest absolute Gasteiger partial charge is 0.385 e. The van der Waals surface area contributed by atoms with E-state index in [0.29, 0.717) is 6.04 Å². The summed E-state index contributed by atoms with van der Waals surface area (Å²) in [6.45, 7) is 1.80. The van der Waals surface area contributed by atoms with E-state index in [1.54, 1.807) is 19.4 Å². The molecule has 0 spiro atoms. The van der Waals surface area contributed by atoms with Gasteiger partial charge < -0.3 is 15.4 Å². The molecule has 4 nitrogen and oxygen atoms in total. The molecule has 0 saturated heterocycles. The molecule has 0 amide bonds. The topological polar surface area (TPSA) is 64.1 Å². The third kappa shape index (κ3) is 1.59. The van der Waals surface area contributed by atoms with Crippen molar-refractivity contribution in [3.8, 4) is 0 Å². The summed E-state index contributed by atoms with van der Waals surface area (Å²) >= 11 is 0. The van der Waals surface area contributed by atoms with Crippen LogP contribution in [0.2, 0.25) is 0 Å². The molecular formula is C9H15N3O. The van der Waals surface area contributed by atoms with Gasteiger partial charge in [0, 0.05) is 12.1 Å². The van der Waals surface area contributed by atoms with E-state index >= 15 is 0 Å². The molecule has 1 aliphatic rings.